The van der Waals surface area contributed by atoms with E-state index in [4.69, 9.17) is 4.52 Å². The van der Waals surface area contributed by atoms with Crippen molar-refractivity contribution in [3.8, 4) is 11.5 Å². The van der Waals surface area contributed by atoms with E-state index in [1.54, 1.807) is 19.1 Å². The summed E-state index contributed by atoms with van der Waals surface area (Å²) in [5.41, 5.74) is 4.09. The topological polar surface area (TPSA) is 71.3 Å². The van der Waals surface area contributed by atoms with Crippen LogP contribution in [-0.4, -0.2) is 39.6 Å². The lowest BCUT2D eigenvalue weighted by molar-refractivity contribution is 0.0826. The quantitative estimate of drug-likeness (QED) is 0.721. The monoisotopic (exact) mass is 390 g/mol. The van der Waals surface area contributed by atoms with E-state index >= 15 is 0 Å². The van der Waals surface area contributed by atoms with Crippen molar-refractivity contribution in [2.24, 2.45) is 0 Å². The number of hydrogen-bond acceptors (Lipinski definition) is 5. The van der Waals surface area contributed by atoms with Crippen LogP contribution in [0.4, 0.5) is 0 Å². The number of rotatable bonds is 5. The predicted octanol–water partition coefficient (Wildman–Crippen LogP) is 3.61. The van der Waals surface area contributed by atoms with Crippen LogP contribution < -0.4 is 5.32 Å². The molecule has 29 heavy (non-hydrogen) atoms. The Morgan fingerprint density at radius 1 is 1.14 bits per heavy atom. The Balaban J connectivity index is 1.37. The molecule has 0 saturated heterocycles. The van der Waals surface area contributed by atoms with E-state index in [0.717, 1.165) is 25.1 Å². The van der Waals surface area contributed by atoms with Crippen LogP contribution in [0.15, 0.2) is 53.1 Å². The molecular formula is C23H26N4O2. The average Bonchev–Trinajstić information content (AvgIpc) is 3.18. The molecule has 1 aromatic heterocycles. The number of fused-ring (bicyclic) bond motifs is 1. The Kier molecular flexibility index (Phi) is 5.20. The third-order valence-corrected chi connectivity index (χ3v) is 5.59. The predicted molar refractivity (Wildman–Crippen MR) is 111 cm³/mol. The van der Waals surface area contributed by atoms with Crippen molar-refractivity contribution < 1.29 is 9.32 Å². The molecule has 150 valence electrons. The molecule has 0 bridgehead atoms. The highest BCUT2D eigenvalue weighted by atomic mass is 16.5. The first-order valence-corrected chi connectivity index (χ1v) is 9.93. The number of carbonyl (C=O) groups excluding carboxylic acids is 1. The number of hydrogen-bond donors (Lipinski definition) is 1. The van der Waals surface area contributed by atoms with Gasteiger partial charge in [0.2, 0.25) is 0 Å². The van der Waals surface area contributed by atoms with Gasteiger partial charge < -0.3 is 9.84 Å². The van der Waals surface area contributed by atoms with Gasteiger partial charge in [0, 0.05) is 36.3 Å². The summed E-state index contributed by atoms with van der Waals surface area (Å²) in [6, 6.07) is 15.8. The first kappa shape index (κ1) is 19.3. The van der Waals surface area contributed by atoms with Gasteiger partial charge in [-0.25, -0.2) is 0 Å². The molecule has 0 spiro atoms. The average molecular weight is 390 g/mol. The van der Waals surface area contributed by atoms with Crippen LogP contribution >= 0.6 is 0 Å². The summed E-state index contributed by atoms with van der Waals surface area (Å²) in [5, 5.41) is 6.89. The maximum Gasteiger partial charge on any atom is 0.257 e. The summed E-state index contributed by atoms with van der Waals surface area (Å²) in [6.07, 6.45) is 1.05. The lowest BCUT2D eigenvalue weighted by Gasteiger charge is -2.41. The molecule has 1 N–H and O–H groups in total. The molecule has 1 aliphatic heterocycles. The molecule has 0 fully saturated rings. The molecule has 1 amide bonds. The number of nitrogens with zero attached hydrogens (tertiary/aromatic N) is 3. The molecule has 0 unspecified atom stereocenters. The number of carbonyl (C=O) groups is 1. The summed E-state index contributed by atoms with van der Waals surface area (Å²) in [6.45, 7) is 8.63. The smallest absolute Gasteiger partial charge is 0.257 e. The highest BCUT2D eigenvalue weighted by Crippen LogP contribution is 2.25. The molecule has 6 heteroatoms. The molecule has 0 saturated carbocycles. The fraction of sp³-hybridized carbons (Fsp3) is 0.348. The highest BCUT2D eigenvalue weighted by molar-refractivity contribution is 5.94. The fourth-order valence-corrected chi connectivity index (χ4v) is 3.70. The highest BCUT2D eigenvalue weighted by Gasteiger charge is 2.30. The molecule has 4 rings (SSSR count). The second kappa shape index (κ2) is 7.79. The van der Waals surface area contributed by atoms with Gasteiger partial charge in [0.15, 0.2) is 5.82 Å². The van der Waals surface area contributed by atoms with Gasteiger partial charge in [0.25, 0.3) is 11.8 Å². The molecule has 2 aromatic carbocycles. The third-order valence-electron chi connectivity index (χ3n) is 5.59. The Bertz CT molecular complexity index is 1010. The van der Waals surface area contributed by atoms with Crippen LogP contribution in [-0.2, 0) is 13.0 Å². The largest absolute Gasteiger partial charge is 0.350 e. The van der Waals surface area contributed by atoms with Crippen molar-refractivity contribution in [2.75, 3.05) is 13.1 Å². The molecule has 0 radical (unpaired) electrons. The van der Waals surface area contributed by atoms with E-state index in [9.17, 15) is 4.79 Å². The Labute approximate surface area is 170 Å². The molecule has 3 aromatic rings. The van der Waals surface area contributed by atoms with Crippen LogP contribution in [0.25, 0.3) is 11.5 Å². The summed E-state index contributed by atoms with van der Waals surface area (Å²) >= 11 is 0. The van der Waals surface area contributed by atoms with Crippen molar-refractivity contribution in [3.05, 3.63) is 71.0 Å². The van der Waals surface area contributed by atoms with Gasteiger partial charge in [0.1, 0.15) is 0 Å². The lowest BCUT2D eigenvalue weighted by atomic mass is 9.94. The molecule has 6 nitrogen and oxygen atoms in total. The van der Waals surface area contributed by atoms with Gasteiger partial charge in [-0.1, -0.05) is 29.4 Å². The van der Waals surface area contributed by atoms with Crippen LogP contribution in [0.2, 0.25) is 0 Å². The molecule has 0 atom stereocenters. The molecule has 1 aliphatic rings. The number of benzene rings is 2. The van der Waals surface area contributed by atoms with E-state index in [1.807, 2.05) is 12.1 Å². The van der Waals surface area contributed by atoms with Crippen molar-refractivity contribution in [1.29, 1.82) is 0 Å². The van der Waals surface area contributed by atoms with E-state index in [1.165, 1.54) is 11.1 Å². The lowest BCUT2D eigenvalue weighted by Crippen LogP contribution is -2.53. The van der Waals surface area contributed by atoms with Gasteiger partial charge in [-0.05, 0) is 62.6 Å². The minimum absolute atomic E-state index is 0.0799. The Morgan fingerprint density at radius 2 is 1.86 bits per heavy atom. The normalized spacial score (nSPS) is 14.4. The van der Waals surface area contributed by atoms with Crippen molar-refractivity contribution >= 4 is 5.91 Å². The zero-order valence-corrected chi connectivity index (χ0v) is 17.1. The summed E-state index contributed by atoms with van der Waals surface area (Å²) in [4.78, 5) is 19.3. The maximum atomic E-state index is 12.6. The van der Waals surface area contributed by atoms with Crippen LogP contribution in [0.5, 0.6) is 0 Å². The van der Waals surface area contributed by atoms with Gasteiger partial charge in [-0.3, -0.25) is 9.69 Å². The first-order chi connectivity index (χ1) is 13.9. The number of aryl methyl sites for hydroxylation is 1. The van der Waals surface area contributed by atoms with Gasteiger partial charge >= 0.3 is 0 Å². The summed E-state index contributed by atoms with van der Waals surface area (Å²) in [5.74, 6) is 0.967. The van der Waals surface area contributed by atoms with Crippen molar-refractivity contribution in [2.45, 2.75) is 39.3 Å². The van der Waals surface area contributed by atoms with Crippen molar-refractivity contribution in [3.63, 3.8) is 0 Å². The minimum Gasteiger partial charge on any atom is -0.350 e. The molecule has 2 heterocycles. The van der Waals surface area contributed by atoms with Gasteiger partial charge in [-0.2, -0.15) is 4.98 Å². The standard InChI is InChI=1S/C23H26N4O2/c1-16-25-22(29-26-16)19-10-8-18(9-11-19)21(28)24-15-23(2,3)27-13-12-17-6-4-5-7-20(17)14-27/h4-11H,12-15H2,1-3H3,(H,24,28). The van der Waals surface area contributed by atoms with Crippen molar-refractivity contribution in [1.82, 2.24) is 20.4 Å². The van der Waals surface area contributed by atoms with E-state index < -0.39 is 0 Å². The van der Waals surface area contributed by atoms with Crippen LogP contribution in [0.1, 0.15) is 41.2 Å². The Hall–Kier alpha value is -2.99. The van der Waals surface area contributed by atoms with Gasteiger partial charge in [0.05, 0.1) is 0 Å². The van der Waals surface area contributed by atoms with E-state index in [2.05, 4.69) is 58.5 Å². The van der Waals surface area contributed by atoms with E-state index in [-0.39, 0.29) is 11.4 Å². The second-order valence-corrected chi connectivity index (χ2v) is 8.16. The number of nitrogens with one attached hydrogen (secondary N) is 1. The molecular weight excluding hydrogens is 364 g/mol. The summed E-state index contributed by atoms with van der Waals surface area (Å²) in [7, 11) is 0. The first-order valence-electron chi connectivity index (χ1n) is 9.93. The fourth-order valence-electron chi connectivity index (χ4n) is 3.70. The minimum atomic E-state index is -0.135. The number of aromatic nitrogens is 2. The SMILES string of the molecule is Cc1noc(-c2ccc(C(=O)NCC(C)(C)N3CCc4ccccc4C3)cc2)n1. The number of amides is 1. The zero-order valence-electron chi connectivity index (χ0n) is 17.1. The molecule has 0 aliphatic carbocycles. The second-order valence-electron chi connectivity index (χ2n) is 8.16. The maximum absolute atomic E-state index is 12.6. The van der Waals surface area contributed by atoms with E-state index in [0.29, 0.717) is 23.8 Å². The summed E-state index contributed by atoms with van der Waals surface area (Å²) < 4.78 is 5.17. The Morgan fingerprint density at radius 3 is 2.55 bits per heavy atom. The van der Waals surface area contributed by atoms with Crippen LogP contribution in [0, 0.1) is 6.92 Å². The van der Waals surface area contributed by atoms with Crippen LogP contribution in [0.3, 0.4) is 0 Å². The zero-order chi connectivity index (χ0) is 20.4. The third kappa shape index (κ3) is 4.22. The van der Waals surface area contributed by atoms with Gasteiger partial charge in [-0.15, -0.1) is 0 Å².